The van der Waals surface area contributed by atoms with Crippen molar-refractivity contribution in [2.24, 2.45) is 11.1 Å². The normalized spacial score (nSPS) is 13.0. The average molecular weight is 211 g/mol. The lowest BCUT2D eigenvalue weighted by Gasteiger charge is -2.25. The van der Waals surface area contributed by atoms with Gasteiger partial charge in [-0.1, -0.05) is 20.8 Å². The molecule has 86 valence electrons. The van der Waals surface area contributed by atoms with Gasteiger partial charge in [0.05, 0.1) is 12.1 Å². The third-order valence-corrected chi connectivity index (χ3v) is 2.23. The van der Waals surface area contributed by atoms with E-state index in [0.717, 1.165) is 12.8 Å². The predicted molar refractivity (Wildman–Crippen MR) is 59.9 cm³/mol. The lowest BCUT2D eigenvalue weighted by atomic mass is 9.87. The molecule has 4 heteroatoms. The van der Waals surface area contributed by atoms with Crippen LogP contribution < -0.4 is 11.1 Å². The van der Waals surface area contributed by atoms with E-state index in [4.69, 9.17) is 11.0 Å². The Kier molecular flexibility index (Phi) is 5.95. The smallest absolute Gasteiger partial charge is 0.237 e. The first-order valence-electron chi connectivity index (χ1n) is 5.30. The van der Waals surface area contributed by atoms with Crippen molar-refractivity contribution in [2.75, 3.05) is 6.54 Å². The van der Waals surface area contributed by atoms with E-state index in [1.165, 1.54) is 0 Å². The fraction of sp³-hybridized carbons (Fsp3) is 0.818. The maximum Gasteiger partial charge on any atom is 0.237 e. The Balaban J connectivity index is 3.71. The van der Waals surface area contributed by atoms with Gasteiger partial charge in [-0.25, -0.2) is 0 Å². The van der Waals surface area contributed by atoms with Gasteiger partial charge in [0.15, 0.2) is 0 Å². The Bertz CT molecular complexity index is 237. The zero-order valence-electron chi connectivity index (χ0n) is 9.84. The first-order valence-corrected chi connectivity index (χ1v) is 5.30. The standard InChI is InChI=1S/C11H21N3O/c1-11(2,3)9(13)10(15)14-8-6-4-5-7-12/h9H,4-6,8,13H2,1-3H3,(H,14,15)/t9-/m0/s1. The number of carbonyl (C=O) groups excluding carboxylic acids is 1. The van der Waals surface area contributed by atoms with E-state index >= 15 is 0 Å². The number of amides is 1. The zero-order chi connectivity index (χ0) is 11.9. The minimum Gasteiger partial charge on any atom is -0.355 e. The average Bonchev–Trinajstić information content (AvgIpc) is 2.14. The summed E-state index contributed by atoms with van der Waals surface area (Å²) in [5, 5.41) is 11.1. The van der Waals surface area contributed by atoms with Crippen molar-refractivity contribution >= 4 is 5.91 Å². The van der Waals surface area contributed by atoms with Crippen molar-refractivity contribution in [1.29, 1.82) is 5.26 Å². The van der Waals surface area contributed by atoms with Gasteiger partial charge >= 0.3 is 0 Å². The highest BCUT2D eigenvalue weighted by atomic mass is 16.2. The topological polar surface area (TPSA) is 78.9 Å². The molecule has 15 heavy (non-hydrogen) atoms. The Labute approximate surface area is 91.8 Å². The number of nitrogens with zero attached hydrogens (tertiary/aromatic N) is 1. The molecule has 0 aliphatic carbocycles. The molecule has 0 heterocycles. The second kappa shape index (κ2) is 6.41. The van der Waals surface area contributed by atoms with Gasteiger partial charge in [0.25, 0.3) is 0 Å². The molecule has 3 N–H and O–H groups in total. The maximum absolute atomic E-state index is 11.5. The molecule has 0 aliphatic rings. The second-order valence-electron chi connectivity index (χ2n) is 4.75. The van der Waals surface area contributed by atoms with E-state index in [9.17, 15) is 4.79 Å². The molecule has 0 spiro atoms. The van der Waals surface area contributed by atoms with Gasteiger partial charge in [0.2, 0.25) is 5.91 Å². The van der Waals surface area contributed by atoms with Crippen LogP contribution in [0.4, 0.5) is 0 Å². The lowest BCUT2D eigenvalue weighted by Crippen LogP contribution is -2.48. The number of unbranched alkanes of at least 4 members (excludes halogenated alkanes) is 2. The van der Waals surface area contributed by atoms with Crippen LogP contribution in [-0.4, -0.2) is 18.5 Å². The highest BCUT2D eigenvalue weighted by molar-refractivity contribution is 5.82. The molecule has 0 aromatic rings. The molecule has 0 saturated heterocycles. The van der Waals surface area contributed by atoms with E-state index in [1.807, 2.05) is 20.8 Å². The Hall–Kier alpha value is -1.08. The summed E-state index contributed by atoms with van der Waals surface area (Å²) in [6.07, 6.45) is 2.19. The molecule has 0 aromatic carbocycles. The van der Waals surface area contributed by atoms with Crippen LogP contribution in [0.2, 0.25) is 0 Å². The molecule has 0 bridgehead atoms. The summed E-state index contributed by atoms with van der Waals surface area (Å²) >= 11 is 0. The molecule has 0 rings (SSSR count). The van der Waals surface area contributed by atoms with Crippen LogP contribution in [0.15, 0.2) is 0 Å². The fourth-order valence-corrected chi connectivity index (χ4v) is 1.04. The van der Waals surface area contributed by atoms with E-state index in [2.05, 4.69) is 11.4 Å². The summed E-state index contributed by atoms with van der Waals surface area (Å²) in [6, 6.07) is 1.59. The number of rotatable bonds is 5. The van der Waals surface area contributed by atoms with Crippen LogP contribution in [0.25, 0.3) is 0 Å². The fourth-order valence-electron chi connectivity index (χ4n) is 1.04. The molecule has 4 nitrogen and oxygen atoms in total. The van der Waals surface area contributed by atoms with E-state index in [0.29, 0.717) is 13.0 Å². The zero-order valence-corrected chi connectivity index (χ0v) is 9.84. The molecule has 0 fully saturated rings. The van der Waals surface area contributed by atoms with Crippen molar-refractivity contribution in [2.45, 2.75) is 46.1 Å². The first-order chi connectivity index (χ1) is 6.89. The van der Waals surface area contributed by atoms with Crippen LogP contribution in [0.3, 0.4) is 0 Å². The van der Waals surface area contributed by atoms with Crippen molar-refractivity contribution in [3.05, 3.63) is 0 Å². The van der Waals surface area contributed by atoms with Crippen molar-refractivity contribution in [3.8, 4) is 6.07 Å². The molecule has 0 saturated carbocycles. The Morgan fingerprint density at radius 2 is 2.07 bits per heavy atom. The van der Waals surface area contributed by atoms with Gasteiger partial charge in [0.1, 0.15) is 0 Å². The van der Waals surface area contributed by atoms with Gasteiger partial charge in [-0.2, -0.15) is 5.26 Å². The van der Waals surface area contributed by atoms with Gasteiger partial charge in [0, 0.05) is 13.0 Å². The molecular formula is C11H21N3O. The highest BCUT2D eigenvalue weighted by Gasteiger charge is 2.26. The first kappa shape index (κ1) is 13.9. The summed E-state index contributed by atoms with van der Waals surface area (Å²) in [7, 11) is 0. The number of nitrogens with one attached hydrogen (secondary N) is 1. The molecule has 1 amide bonds. The van der Waals surface area contributed by atoms with E-state index < -0.39 is 6.04 Å². The molecule has 0 aromatic heterocycles. The monoisotopic (exact) mass is 211 g/mol. The van der Waals surface area contributed by atoms with Crippen molar-refractivity contribution in [1.82, 2.24) is 5.32 Å². The van der Waals surface area contributed by atoms with Gasteiger partial charge in [-0.15, -0.1) is 0 Å². The predicted octanol–water partition coefficient (Wildman–Crippen LogP) is 1.17. The lowest BCUT2D eigenvalue weighted by molar-refractivity contribution is -0.124. The Morgan fingerprint density at radius 3 is 2.53 bits per heavy atom. The highest BCUT2D eigenvalue weighted by Crippen LogP contribution is 2.16. The summed E-state index contributed by atoms with van der Waals surface area (Å²) < 4.78 is 0. The molecule has 0 aliphatic heterocycles. The van der Waals surface area contributed by atoms with Crippen LogP contribution in [0.5, 0.6) is 0 Å². The number of nitrogens with two attached hydrogens (primary N) is 1. The van der Waals surface area contributed by atoms with Crippen molar-refractivity contribution < 1.29 is 4.79 Å². The van der Waals surface area contributed by atoms with E-state index in [-0.39, 0.29) is 11.3 Å². The minimum absolute atomic E-state index is 0.112. The van der Waals surface area contributed by atoms with Crippen LogP contribution in [0, 0.1) is 16.7 Å². The third-order valence-electron chi connectivity index (χ3n) is 2.23. The summed E-state index contributed by atoms with van der Waals surface area (Å²) in [6.45, 7) is 6.41. The van der Waals surface area contributed by atoms with E-state index in [1.54, 1.807) is 0 Å². The van der Waals surface area contributed by atoms with Gasteiger partial charge in [-0.3, -0.25) is 4.79 Å². The molecule has 0 radical (unpaired) electrons. The minimum atomic E-state index is -0.478. The van der Waals surface area contributed by atoms with Crippen LogP contribution in [-0.2, 0) is 4.79 Å². The summed E-state index contributed by atoms with van der Waals surface area (Å²) in [4.78, 5) is 11.5. The summed E-state index contributed by atoms with van der Waals surface area (Å²) in [5.41, 5.74) is 5.56. The third kappa shape index (κ3) is 6.08. The Morgan fingerprint density at radius 1 is 1.47 bits per heavy atom. The van der Waals surface area contributed by atoms with Gasteiger partial charge in [-0.05, 0) is 18.3 Å². The maximum atomic E-state index is 11.5. The van der Waals surface area contributed by atoms with Crippen LogP contribution >= 0.6 is 0 Å². The second-order valence-corrected chi connectivity index (χ2v) is 4.75. The molecule has 1 atom stereocenters. The quantitative estimate of drug-likeness (QED) is 0.670. The summed E-state index contributed by atoms with van der Waals surface area (Å²) in [5.74, 6) is -0.112. The van der Waals surface area contributed by atoms with Gasteiger partial charge < -0.3 is 11.1 Å². The van der Waals surface area contributed by atoms with Crippen LogP contribution in [0.1, 0.15) is 40.0 Å². The number of hydrogen-bond donors (Lipinski definition) is 2. The van der Waals surface area contributed by atoms with Crippen molar-refractivity contribution in [3.63, 3.8) is 0 Å². The largest absolute Gasteiger partial charge is 0.355 e. The molecular weight excluding hydrogens is 190 g/mol. The SMILES string of the molecule is CC(C)(C)[C@@H](N)C(=O)NCCCCC#N. The number of hydrogen-bond acceptors (Lipinski definition) is 3. The number of carbonyl (C=O) groups is 1. The number of nitriles is 1. The molecule has 0 unspecified atom stereocenters.